The maximum absolute atomic E-state index is 13.4. The number of nitrogens with zero attached hydrogens (tertiary/aromatic N) is 4. The van der Waals surface area contributed by atoms with Gasteiger partial charge >= 0.3 is 23.6 Å². The Balaban J connectivity index is 1.22. The second-order valence-electron chi connectivity index (χ2n) is 10.6. The molecule has 3 fully saturated rings. The van der Waals surface area contributed by atoms with Crippen LogP contribution >= 0.6 is 11.3 Å². The number of carbonyl (C=O) groups excluding carboxylic acids is 5. The molecule has 8 N–H and O–H groups in total. The number of cyclic esters (lactones) is 1. The van der Waals surface area contributed by atoms with Crippen molar-refractivity contribution in [2.24, 2.45) is 5.16 Å². The van der Waals surface area contributed by atoms with Crippen LogP contribution in [0.25, 0.3) is 0 Å². The highest BCUT2D eigenvalue weighted by molar-refractivity contribution is 7.13. The van der Waals surface area contributed by atoms with Crippen LogP contribution in [0.3, 0.4) is 0 Å². The standard InChI is InChI=1S/C25H21N7O14S/c26-23-29-11(5-47-23)15(30-46-24(21(40)41)6-27-7-24)16(35)28-10-4-44-32(19(10)38)25(22(42)43)3-12(20(39)45-25)31-17(36)8-1-13(33)14(34)2-9(8)18(31)37/h1-2,5,10,12,27,33-34H,3-4,6-7H2,(H2,26,29)(H,28,35)(H,40,41)(H,42,43)/b30-15-/t10-,12-,25?/m0/s1. The molecule has 1 aromatic heterocycles. The molecule has 4 aliphatic heterocycles. The van der Waals surface area contributed by atoms with E-state index in [2.05, 4.69) is 20.8 Å². The first kappa shape index (κ1) is 31.1. The molecule has 0 aliphatic carbocycles. The van der Waals surface area contributed by atoms with Crippen molar-refractivity contribution in [1.82, 2.24) is 25.6 Å². The number of oxime groups is 1. The van der Waals surface area contributed by atoms with E-state index in [4.69, 9.17) is 20.1 Å². The van der Waals surface area contributed by atoms with Crippen molar-refractivity contribution >= 4 is 63.7 Å². The Morgan fingerprint density at radius 1 is 1.09 bits per heavy atom. The van der Waals surface area contributed by atoms with Crippen molar-refractivity contribution in [3.05, 3.63) is 34.3 Å². The average molecular weight is 676 g/mol. The van der Waals surface area contributed by atoms with Gasteiger partial charge in [0.15, 0.2) is 22.3 Å². The normalized spacial score (nSPS) is 25.0. The van der Waals surface area contributed by atoms with Gasteiger partial charge in [-0.05, 0) is 12.1 Å². The summed E-state index contributed by atoms with van der Waals surface area (Å²) in [5, 5.41) is 49.3. The molecule has 6 rings (SSSR count). The van der Waals surface area contributed by atoms with Crippen LogP contribution in [0.15, 0.2) is 22.7 Å². The van der Waals surface area contributed by atoms with Gasteiger partial charge in [-0.2, -0.15) is 5.06 Å². The van der Waals surface area contributed by atoms with E-state index in [9.17, 15) is 54.0 Å². The molecule has 3 saturated heterocycles. The first-order valence-electron chi connectivity index (χ1n) is 13.3. The predicted molar refractivity (Wildman–Crippen MR) is 147 cm³/mol. The van der Waals surface area contributed by atoms with Gasteiger partial charge in [-0.1, -0.05) is 5.16 Å². The van der Waals surface area contributed by atoms with Crippen molar-refractivity contribution < 1.29 is 68.4 Å². The van der Waals surface area contributed by atoms with Crippen LogP contribution in [0.4, 0.5) is 5.13 Å². The van der Waals surface area contributed by atoms with E-state index in [-0.39, 0.29) is 40.1 Å². The quantitative estimate of drug-likeness (QED) is 0.0456. The fraction of sp³-hybridized carbons (Fsp3) is 0.320. The summed E-state index contributed by atoms with van der Waals surface area (Å²) in [7, 11) is 0. The third kappa shape index (κ3) is 4.81. The molecule has 5 heterocycles. The number of phenols is 2. The van der Waals surface area contributed by atoms with E-state index in [0.717, 1.165) is 23.5 Å². The summed E-state index contributed by atoms with van der Waals surface area (Å²) >= 11 is 0.912. The second kappa shape index (κ2) is 10.9. The fourth-order valence-electron chi connectivity index (χ4n) is 5.10. The first-order chi connectivity index (χ1) is 22.2. The highest BCUT2D eigenvalue weighted by Gasteiger charge is 2.65. The Labute approximate surface area is 264 Å². The lowest BCUT2D eigenvalue weighted by Crippen LogP contribution is -2.65. The van der Waals surface area contributed by atoms with Gasteiger partial charge < -0.3 is 46.4 Å². The number of nitrogens with one attached hydrogen (secondary N) is 2. The minimum Gasteiger partial charge on any atom is -0.504 e. The molecule has 1 unspecified atom stereocenters. The number of imide groups is 1. The number of esters is 1. The minimum absolute atomic E-state index is 0.0119. The Hall–Kier alpha value is -5.87. The smallest absolute Gasteiger partial charge is 0.372 e. The van der Waals surface area contributed by atoms with E-state index in [1.165, 1.54) is 5.38 Å². The van der Waals surface area contributed by atoms with E-state index in [0.29, 0.717) is 4.90 Å². The van der Waals surface area contributed by atoms with E-state index in [1.54, 1.807) is 0 Å². The molecular weight excluding hydrogens is 654 g/mol. The number of aliphatic carboxylic acids is 2. The number of fused-ring (bicyclic) bond motifs is 1. The number of thiazole rings is 1. The van der Waals surface area contributed by atoms with Gasteiger partial charge in [-0.25, -0.2) is 19.4 Å². The van der Waals surface area contributed by atoms with Gasteiger partial charge in [-0.3, -0.25) is 28.9 Å². The fourth-order valence-corrected chi connectivity index (χ4v) is 5.65. The number of anilines is 1. The molecule has 0 spiro atoms. The van der Waals surface area contributed by atoms with Crippen LogP contribution in [-0.4, -0.2) is 126 Å². The number of aromatic nitrogens is 1. The second-order valence-corrected chi connectivity index (χ2v) is 11.4. The van der Waals surface area contributed by atoms with Gasteiger partial charge in [0.25, 0.3) is 29.2 Å². The molecule has 2 aromatic rings. The summed E-state index contributed by atoms with van der Waals surface area (Å²) in [6.07, 6.45) is -0.999. The van der Waals surface area contributed by atoms with E-state index in [1.807, 2.05) is 0 Å². The summed E-state index contributed by atoms with van der Waals surface area (Å²) in [5.74, 6) is -10.7. The summed E-state index contributed by atoms with van der Waals surface area (Å²) < 4.78 is 5.08. The number of rotatable bonds is 9. The largest absolute Gasteiger partial charge is 0.504 e. The van der Waals surface area contributed by atoms with E-state index < -0.39 is 95.2 Å². The van der Waals surface area contributed by atoms with Gasteiger partial charge in [0.05, 0.1) is 30.6 Å². The van der Waals surface area contributed by atoms with Crippen LogP contribution in [0, 0.1) is 0 Å². The van der Waals surface area contributed by atoms with Crippen LogP contribution in [-0.2, 0) is 38.4 Å². The molecule has 246 valence electrons. The SMILES string of the molecule is Nc1nc(/C(=N/OC2(C(=O)O)CNC2)C(=O)N[C@H]2CON(C3(C(=O)O)C[C@H](N4C(=O)c5cc(O)c(O)cc5C4=O)C(=O)O3)C2=O)cs1. The number of carboxylic acid groups (broad SMARTS) is 2. The molecule has 0 saturated carbocycles. The Bertz CT molecular complexity index is 1780. The highest BCUT2D eigenvalue weighted by Crippen LogP contribution is 2.40. The van der Waals surface area contributed by atoms with Crippen LogP contribution in [0.5, 0.6) is 11.5 Å². The van der Waals surface area contributed by atoms with Crippen molar-refractivity contribution in [3.63, 3.8) is 0 Å². The number of phenolic OH excluding ortho intramolecular Hbond substituents is 2. The Morgan fingerprint density at radius 3 is 2.23 bits per heavy atom. The van der Waals surface area contributed by atoms with Crippen LogP contribution in [0.2, 0.25) is 0 Å². The lowest BCUT2D eigenvalue weighted by Gasteiger charge is -2.35. The summed E-state index contributed by atoms with van der Waals surface area (Å²) in [6.45, 7) is -0.956. The molecule has 21 nitrogen and oxygen atoms in total. The lowest BCUT2D eigenvalue weighted by atomic mass is 9.98. The van der Waals surface area contributed by atoms with Crippen LogP contribution in [0.1, 0.15) is 32.8 Å². The molecule has 3 atom stereocenters. The highest BCUT2D eigenvalue weighted by atomic mass is 32.1. The summed E-state index contributed by atoms with van der Waals surface area (Å²) in [5.41, 5.74) is -0.528. The number of amides is 4. The maximum Gasteiger partial charge on any atom is 0.372 e. The summed E-state index contributed by atoms with van der Waals surface area (Å²) in [6, 6.07) is -1.92. The third-order valence-electron chi connectivity index (χ3n) is 7.67. The molecule has 47 heavy (non-hydrogen) atoms. The van der Waals surface area contributed by atoms with Gasteiger partial charge in [0, 0.05) is 5.38 Å². The van der Waals surface area contributed by atoms with Crippen molar-refractivity contribution in [2.75, 3.05) is 25.4 Å². The lowest BCUT2D eigenvalue weighted by molar-refractivity contribution is -0.256. The summed E-state index contributed by atoms with van der Waals surface area (Å²) in [4.78, 5) is 105. The topological polar surface area (TPSA) is 310 Å². The number of hydroxylamine groups is 2. The average Bonchev–Trinajstić information content (AvgIpc) is 3.72. The molecule has 4 amide bonds. The zero-order valence-electron chi connectivity index (χ0n) is 23.4. The number of hydrogen-bond acceptors (Lipinski definition) is 17. The van der Waals surface area contributed by atoms with Crippen molar-refractivity contribution in [2.45, 2.75) is 29.8 Å². The zero-order chi connectivity index (χ0) is 34.0. The van der Waals surface area contributed by atoms with Gasteiger partial charge in [-0.15, -0.1) is 11.3 Å². The minimum atomic E-state index is -2.91. The van der Waals surface area contributed by atoms with E-state index >= 15 is 0 Å². The Kier molecular flexibility index (Phi) is 7.21. The molecule has 1 aromatic carbocycles. The number of ether oxygens (including phenoxy) is 1. The van der Waals surface area contributed by atoms with Crippen molar-refractivity contribution in [3.8, 4) is 11.5 Å². The predicted octanol–water partition coefficient (Wildman–Crippen LogP) is -3.06. The molecule has 0 bridgehead atoms. The molecule has 0 radical (unpaired) electrons. The number of carbonyl (C=O) groups is 7. The molecular formula is C25H21N7O14S. The molecule has 4 aliphatic rings. The zero-order valence-corrected chi connectivity index (χ0v) is 24.2. The number of hydrogen-bond donors (Lipinski definition) is 7. The number of benzene rings is 1. The van der Waals surface area contributed by atoms with Crippen molar-refractivity contribution in [1.29, 1.82) is 0 Å². The third-order valence-corrected chi connectivity index (χ3v) is 8.35. The number of carboxylic acids is 2. The first-order valence-corrected chi connectivity index (χ1v) is 14.2. The van der Waals surface area contributed by atoms with Gasteiger partial charge in [0.2, 0.25) is 0 Å². The number of nitrogens with two attached hydrogens (primary N) is 1. The maximum atomic E-state index is 13.4. The van der Waals surface area contributed by atoms with Gasteiger partial charge in [0.1, 0.15) is 24.4 Å². The Morgan fingerprint density at radius 2 is 1.72 bits per heavy atom. The number of aromatic hydroxyl groups is 2. The van der Waals surface area contributed by atoms with Crippen LogP contribution < -0.4 is 16.4 Å². The number of nitrogen functional groups attached to an aromatic ring is 1. The molecule has 22 heteroatoms. The monoisotopic (exact) mass is 675 g/mol.